The van der Waals surface area contributed by atoms with Crippen molar-refractivity contribution >= 4 is 17.3 Å². The SMILES string of the molecule is CN(Cc1ccco1)c1ccc([N+](=O)[O-])cc1C(=O)O. The maximum Gasteiger partial charge on any atom is 0.338 e. The van der Waals surface area contributed by atoms with Crippen LogP contribution in [0.4, 0.5) is 11.4 Å². The largest absolute Gasteiger partial charge is 0.478 e. The van der Waals surface area contributed by atoms with Crippen molar-refractivity contribution in [2.45, 2.75) is 6.54 Å². The third kappa shape index (κ3) is 2.77. The molecule has 7 heteroatoms. The molecule has 1 aromatic heterocycles. The zero-order chi connectivity index (χ0) is 14.7. The van der Waals surface area contributed by atoms with Crippen LogP contribution >= 0.6 is 0 Å². The molecular weight excluding hydrogens is 264 g/mol. The highest BCUT2D eigenvalue weighted by Gasteiger charge is 2.18. The molecule has 0 fully saturated rings. The van der Waals surface area contributed by atoms with Crippen LogP contribution in [0.1, 0.15) is 16.1 Å². The van der Waals surface area contributed by atoms with Crippen LogP contribution in [0.25, 0.3) is 0 Å². The van der Waals surface area contributed by atoms with Crippen molar-refractivity contribution in [3.63, 3.8) is 0 Å². The lowest BCUT2D eigenvalue weighted by Crippen LogP contribution is -2.19. The standard InChI is InChI=1S/C13H12N2O5/c1-14(8-10-3-2-6-20-10)12-5-4-9(15(18)19)7-11(12)13(16)17/h2-7H,8H2,1H3,(H,16,17). The van der Waals surface area contributed by atoms with Crippen molar-refractivity contribution in [2.24, 2.45) is 0 Å². The molecule has 0 atom stereocenters. The van der Waals surface area contributed by atoms with E-state index in [1.165, 1.54) is 18.4 Å². The van der Waals surface area contributed by atoms with Gasteiger partial charge in [0, 0.05) is 19.2 Å². The van der Waals surface area contributed by atoms with Gasteiger partial charge in [-0.1, -0.05) is 0 Å². The van der Waals surface area contributed by atoms with E-state index in [0.29, 0.717) is 18.0 Å². The number of furan rings is 1. The molecule has 1 heterocycles. The smallest absolute Gasteiger partial charge is 0.338 e. The zero-order valence-electron chi connectivity index (χ0n) is 10.6. The van der Waals surface area contributed by atoms with Gasteiger partial charge in [0.2, 0.25) is 0 Å². The van der Waals surface area contributed by atoms with Gasteiger partial charge in [-0.2, -0.15) is 0 Å². The molecule has 0 aliphatic rings. The summed E-state index contributed by atoms with van der Waals surface area (Å²) in [6.07, 6.45) is 1.52. The lowest BCUT2D eigenvalue weighted by atomic mass is 10.1. The summed E-state index contributed by atoms with van der Waals surface area (Å²) in [5.74, 6) is -0.544. The fraction of sp³-hybridized carbons (Fsp3) is 0.154. The quantitative estimate of drug-likeness (QED) is 0.665. The maximum atomic E-state index is 11.2. The molecule has 2 aromatic rings. The van der Waals surface area contributed by atoms with Crippen LogP contribution in [0, 0.1) is 10.1 Å². The molecule has 0 saturated carbocycles. The number of nitro benzene ring substituents is 1. The van der Waals surface area contributed by atoms with E-state index >= 15 is 0 Å². The van der Waals surface area contributed by atoms with Crippen LogP contribution in [0.3, 0.4) is 0 Å². The number of anilines is 1. The van der Waals surface area contributed by atoms with Gasteiger partial charge in [-0.25, -0.2) is 4.79 Å². The van der Waals surface area contributed by atoms with E-state index in [9.17, 15) is 20.0 Å². The number of hydrogen-bond donors (Lipinski definition) is 1. The molecule has 0 amide bonds. The lowest BCUT2D eigenvalue weighted by Gasteiger charge is -2.19. The van der Waals surface area contributed by atoms with Gasteiger partial charge in [-0.3, -0.25) is 10.1 Å². The van der Waals surface area contributed by atoms with Gasteiger partial charge in [0.15, 0.2) is 0 Å². The number of carboxylic acids is 1. The molecule has 0 aliphatic carbocycles. The molecule has 20 heavy (non-hydrogen) atoms. The van der Waals surface area contributed by atoms with Crippen molar-refractivity contribution < 1.29 is 19.2 Å². The Labute approximate surface area is 114 Å². The van der Waals surface area contributed by atoms with Crippen molar-refractivity contribution in [1.29, 1.82) is 0 Å². The minimum Gasteiger partial charge on any atom is -0.478 e. The van der Waals surface area contributed by atoms with Crippen LogP contribution in [0.15, 0.2) is 41.0 Å². The monoisotopic (exact) mass is 276 g/mol. The molecule has 0 bridgehead atoms. The second-order valence-electron chi connectivity index (χ2n) is 4.20. The Hall–Kier alpha value is -2.83. The highest BCUT2D eigenvalue weighted by Crippen LogP contribution is 2.26. The topological polar surface area (TPSA) is 96.8 Å². The molecule has 7 nitrogen and oxygen atoms in total. The third-order valence-electron chi connectivity index (χ3n) is 2.81. The van der Waals surface area contributed by atoms with Crippen LogP contribution in [-0.2, 0) is 6.54 Å². The molecule has 104 valence electrons. The average Bonchev–Trinajstić information content (AvgIpc) is 2.90. The van der Waals surface area contributed by atoms with Crippen LogP contribution in [-0.4, -0.2) is 23.0 Å². The molecule has 0 spiro atoms. The number of nitro groups is 1. The number of non-ortho nitro benzene ring substituents is 1. The number of aromatic carboxylic acids is 1. The van der Waals surface area contributed by atoms with Crippen molar-refractivity contribution in [3.8, 4) is 0 Å². The Kier molecular flexibility index (Phi) is 3.69. The summed E-state index contributed by atoms with van der Waals surface area (Å²) >= 11 is 0. The maximum absolute atomic E-state index is 11.2. The number of carbonyl (C=O) groups is 1. The molecule has 1 N–H and O–H groups in total. The fourth-order valence-corrected chi connectivity index (χ4v) is 1.86. The van der Waals surface area contributed by atoms with E-state index in [2.05, 4.69) is 0 Å². The Morgan fingerprint density at radius 3 is 2.75 bits per heavy atom. The molecule has 1 aromatic carbocycles. The number of rotatable bonds is 5. The first kappa shape index (κ1) is 13.6. The molecule has 0 saturated heterocycles. The van der Waals surface area contributed by atoms with Gasteiger partial charge >= 0.3 is 5.97 Å². The van der Waals surface area contributed by atoms with E-state index in [4.69, 9.17) is 4.42 Å². The number of hydrogen-bond acceptors (Lipinski definition) is 5. The van der Waals surface area contributed by atoms with E-state index in [-0.39, 0.29) is 11.3 Å². The average molecular weight is 276 g/mol. The van der Waals surface area contributed by atoms with Gasteiger partial charge < -0.3 is 14.4 Å². The minimum atomic E-state index is -1.21. The molecule has 0 aliphatic heterocycles. The zero-order valence-corrected chi connectivity index (χ0v) is 10.6. The minimum absolute atomic E-state index is 0.117. The summed E-state index contributed by atoms with van der Waals surface area (Å²) in [6, 6.07) is 7.25. The van der Waals surface area contributed by atoms with Crippen LogP contribution in [0.5, 0.6) is 0 Å². The Morgan fingerprint density at radius 2 is 2.20 bits per heavy atom. The molecular formula is C13H12N2O5. The third-order valence-corrected chi connectivity index (χ3v) is 2.81. The summed E-state index contributed by atoms with van der Waals surface area (Å²) in [5, 5.41) is 19.9. The normalized spacial score (nSPS) is 10.2. The first-order valence-electron chi connectivity index (χ1n) is 5.74. The van der Waals surface area contributed by atoms with Gasteiger partial charge in [0.25, 0.3) is 5.69 Å². The van der Waals surface area contributed by atoms with Gasteiger partial charge in [0.05, 0.1) is 29.0 Å². The lowest BCUT2D eigenvalue weighted by molar-refractivity contribution is -0.384. The van der Waals surface area contributed by atoms with Gasteiger partial charge in [-0.05, 0) is 18.2 Å². The Morgan fingerprint density at radius 1 is 1.45 bits per heavy atom. The highest BCUT2D eigenvalue weighted by molar-refractivity contribution is 5.95. The van der Waals surface area contributed by atoms with E-state index in [1.54, 1.807) is 24.1 Å². The summed E-state index contributed by atoms with van der Waals surface area (Å²) in [7, 11) is 1.69. The number of nitrogens with zero attached hydrogens (tertiary/aromatic N) is 2. The summed E-state index contributed by atoms with van der Waals surface area (Å²) in [5.41, 5.74) is 0.0188. The molecule has 0 unspecified atom stereocenters. The number of carboxylic acid groups (broad SMARTS) is 1. The van der Waals surface area contributed by atoms with E-state index < -0.39 is 10.9 Å². The summed E-state index contributed by atoms with van der Waals surface area (Å²) in [6.45, 7) is 0.366. The second-order valence-corrected chi connectivity index (χ2v) is 4.20. The fourth-order valence-electron chi connectivity index (χ4n) is 1.86. The molecule has 0 radical (unpaired) electrons. The van der Waals surface area contributed by atoms with Crippen molar-refractivity contribution in [2.75, 3.05) is 11.9 Å². The first-order chi connectivity index (χ1) is 9.49. The highest BCUT2D eigenvalue weighted by atomic mass is 16.6. The van der Waals surface area contributed by atoms with Gasteiger partial charge in [-0.15, -0.1) is 0 Å². The Balaban J connectivity index is 2.35. The predicted molar refractivity (Wildman–Crippen MR) is 70.9 cm³/mol. The van der Waals surface area contributed by atoms with Gasteiger partial charge in [0.1, 0.15) is 5.76 Å². The predicted octanol–water partition coefficient (Wildman–Crippen LogP) is 2.52. The van der Waals surface area contributed by atoms with Crippen LogP contribution in [0.2, 0.25) is 0 Å². The number of benzene rings is 1. The second kappa shape index (κ2) is 5.43. The summed E-state index contributed by atoms with van der Waals surface area (Å²) in [4.78, 5) is 23.0. The first-order valence-corrected chi connectivity index (χ1v) is 5.74. The van der Waals surface area contributed by atoms with Crippen molar-refractivity contribution in [3.05, 3.63) is 58.0 Å². The van der Waals surface area contributed by atoms with Crippen molar-refractivity contribution in [1.82, 2.24) is 0 Å². The Bertz CT molecular complexity index is 636. The summed E-state index contributed by atoms with van der Waals surface area (Å²) < 4.78 is 5.19. The van der Waals surface area contributed by atoms with E-state index in [1.807, 2.05) is 0 Å². The molecule has 2 rings (SSSR count). The van der Waals surface area contributed by atoms with E-state index in [0.717, 1.165) is 6.07 Å². The van der Waals surface area contributed by atoms with Crippen LogP contribution < -0.4 is 4.90 Å².